The lowest BCUT2D eigenvalue weighted by Gasteiger charge is -2.23. The first-order valence-corrected chi connectivity index (χ1v) is 7.88. The van der Waals surface area contributed by atoms with Crippen LogP contribution >= 0.6 is 0 Å². The minimum atomic E-state index is -4.75. The second kappa shape index (κ2) is 8.29. The van der Waals surface area contributed by atoms with Crippen LogP contribution in [0.15, 0.2) is 18.2 Å². The molecule has 26 heavy (non-hydrogen) atoms. The fourth-order valence-electron chi connectivity index (χ4n) is 2.06. The smallest absolute Gasteiger partial charge is 0.419 e. The number of phenolic OH excluding ortho intramolecular Hbond substituents is 1. The van der Waals surface area contributed by atoms with Gasteiger partial charge >= 0.3 is 18.2 Å². The summed E-state index contributed by atoms with van der Waals surface area (Å²) in [5.41, 5.74) is -1.95. The molecule has 0 heterocycles. The molecule has 2 N–H and O–H groups in total. The van der Waals surface area contributed by atoms with Gasteiger partial charge in [-0.05, 0) is 45.4 Å². The molecule has 0 bridgehead atoms. The summed E-state index contributed by atoms with van der Waals surface area (Å²) in [5.74, 6) is -1.73. The number of hydrogen-bond donors (Lipinski definition) is 2. The summed E-state index contributed by atoms with van der Waals surface area (Å²) in [6, 6.07) is 1.59. The Balaban J connectivity index is 3.03. The van der Waals surface area contributed by atoms with Crippen LogP contribution in [0.5, 0.6) is 5.75 Å². The normalized spacial score (nSPS) is 13.0. The average molecular weight is 377 g/mol. The predicted molar refractivity (Wildman–Crippen MR) is 86.6 cm³/mol. The third-order valence-corrected chi connectivity index (χ3v) is 3.07. The molecule has 1 rings (SSSR count). The fraction of sp³-hybridized carbons (Fsp3) is 0.529. The van der Waals surface area contributed by atoms with E-state index in [0.717, 1.165) is 12.1 Å². The van der Waals surface area contributed by atoms with E-state index in [4.69, 9.17) is 9.47 Å². The minimum Gasteiger partial charge on any atom is -0.507 e. The molecule has 0 aliphatic heterocycles. The zero-order valence-electron chi connectivity index (χ0n) is 14.9. The Hall–Kier alpha value is -2.45. The van der Waals surface area contributed by atoms with Gasteiger partial charge in [-0.25, -0.2) is 9.59 Å². The number of benzene rings is 1. The number of halogens is 3. The van der Waals surface area contributed by atoms with Gasteiger partial charge in [0, 0.05) is 6.42 Å². The highest BCUT2D eigenvalue weighted by atomic mass is 19.4. The van der Waals surface area contributed by atoms with Crippen LogP contribution in [-0.2, 0) is 26.9 Å². The molecule has 0 aliphatic rings. The van der Waals surface area contributed by atoms with Crippen molar-refractivity contribution in [3.63, 3.8) is 0 Å². The summed E-state index contributed by atoms with van der Waals surface area (Å²) in [5, 5.41) is 11.7. The Labute approximate surface area is 149 Å². The van der Waals surface area contributed by atoms with E-state index in [1.54, 1.807) is 27.7 Å². The number of nitrogens with one attached hydrogen (secondary N) is 1. The van der Waals surface area contributed by atoms with E-state index in [9.17, 15) is 27.9 Å². The van der Waals surface area contributed by atoms with Crippen molar-refractivity contribution in [1.29, 1.82) is 0 Å². The van der Waals surface area contributed by atoms with Crippen molar-refractivity contribution in [1.82, 2.24) is 5.32 Å². The molecule has 1 amide bonds. The van der Waals surface area contributed by atoms with Crippen LogP contribution in [0.4, 0.5) is 18.0 Å². The molecular formula is C17H22F3NO5. The van der Waals surface area contributed by atoms with Gasteiger partial charge in [-0.1, -0.05) is 6.07 Å². The number of amides is 1. The number of alkyl carbamates (subject to hydrolysis) is 1. The Morgan fingerprint density at radius 1 is 1.23 bits per heavy atom. The van der Waals surface area contributed by atoms with Crippen LogP contribution in [0, 0.1) is 0 Å². The molecule has 1 aromatic rings. The van der Waals surface area contributed by atoms with E-state index in [0.29, 0.717) is 0 Å². The van der Waals surface area contributed by atoms with E-state index in [-0.39, 0.29) is 18.6 Å². The Morgan fingerprint density at radius 3 is 2.35 bits per heavy atom. The summed E-state index contributed by atoms with van der Waals surface area (Å²) in [6.07, 6.45) is -5.91. The molecule has 0 aromatic heterocycles. The van der Waals surface area contributed by atoms with E-state index in [1.165, 1.54) is 6.07 Å². The monoisotopic (exact) mass is 377 g/mol. The number of phenols is 1. The lowest BCUT2D eigenvalue weighted by Crippen LogP contribution is -2.45. The largest absolute Gasteiger partial charge is 0.507 e. The minimum absolute atomic E-state index is 0.0364. The van der Waals surface area contributed by atoms with Crippen LogP contribution < -0.4 is 5.32 Å². The first-order chi connectivity index (χ1) is 11.8. The van der Waals surface area contributed by atoms with Gasteiger partial charge in [0.1, 0.15) is 17.4 Å². The number of aromatic hydroxyl groups is 1. The molecule has 0 radical (unpaired) electrons. The molecule has 0 fully saturated rings. The second-order valence-electron chi connectivity index (χ2n) is 6.50. The van der Waals surface area contributed by atoms with Crippen molar-refractivity contribution in [3.05, 3.63) is 29.3 Å². The molecule has 1 atom stereocenters. The van der Waals surface area contributed by atoms with Crippen LogP contribution in [0.25, 0.3) is 0 Å². The predicted octanol–water partition coefficient (Wildman–Crippen LogP) is 3.41. The molecule has 0 spiro atoms. The summed E-state index contributed by atoms with van der Waals surface area (Å²) in [7, 11) is 0. The topological polar surface area (TPSA) is 84.9 Å². The number of esters is 1. The first-order valence-electron chi connectivity index (χ1n) is 7.88. The van der Waals surface area contributed by atoms with Gasteiger partial charge < -0.3 is 19.9 Å². The second-order valence-corrected chi connectivity index (χ2v) is 6.50. The summed E-state index contributed by atoms with van der Waals surface area (Å²) < 4.78 is 48.6. The highest BCUT2D eigenvalue weighted by Gasteiger charge is 2.34. The summed E-state index contributed by atoms with van der Waals surface area (Å²) >= 11 is 0. The number of alkyl halides is 3. The lowest BCUT2D eigenvalue weighted by atomic mass is 10.0. The van der Waals surface area contributed by atoms with E-state index in [1.807, 2.05) is 0 Å². The van der Waals surface area contributed by atoms with Gasteiger partial charge in [-0.2, -0.15) is 13.2 Å². The Morgan fingerprint density at radius 2 is 1.85 bits per heavy atom. The van der Waals surface area contributed by atoms with Crippen LogP contribution in [0.1, 0.15) is 38.8 Å². The van der Waals surface area contributed by atoms with Gasteiger partial charge in [0.05, 0.1) is 12.2 Å². The lowest BCUT2D eigenvalue weighted by molar-refractivity contribution is -0.145. The highest BCUT2D eigenvalue weighted by molar-refractivity contribution is 5.81. The van der Waals surface area contributed by atoms with Gasteiger partial charge in [-0.3, -0.25) is 0 Å². The number of carbonyl (C=O) groups is 2. The first kappa shape index (κ1) is 21.6. The maximum absolute atomic E-state index is 12.9. The summed E-state index contributed by atoms with van der Waals surface area (Å²) in [6.45, 7) is 6.48. The van der Waals surface area contributed by atoms with Gasteiger partial charge in [0.15, 0.2) is 0 Å². The van der Waals surface area contributed by atoms with Crippen molar-refractivity contribution in [2.24, 2.45) is 0 Å². The fourth-order valence-corrected chi connectivity index (χ4v) is 2.06. The van der Waals surface area contributed by atoms with Gasteiger partial charge in [0.25, 0.3) is 0 Å². The van der Waals surface area contributed by atoms with Gasteiger partial charge in [0.2, 0.25) is 0 Å². The number of ether oxygens (including phenoxy) is 2. The van der Waals surface area contributed by atoms with E-state index < -0.39 is 41.2 Å². The van der Waals surface area contributed by atoms with Crippen LogP contribution in [0.2, 0.25) is 0 Å². The third kappa shape index (κ3) is 6.81. The number of hydrogen-bond acceptors (Lipinski definition) is 5. The quantitative estimate of drug-likeness (QED) is 0.768. The molecule has 0 saturated carbocycles. The SMILES string of the molecule is CCOC(=O)C(Cc1ccc(O)c(C(F)(F)F)c1)NC(=O)OC(C)(C)C. The van der Waals surface area contributed by atoms with Gasteiger partial charge in [-0.15, -0.1) is 0 Å². The average Bonchev–Trinajstić information content (AvgIpc) is 2.45. The molecule has 1 unspecified atom stereocenters. The summed E-state index contributed by atoms with van der Waals surface area (Å²) in [4.78, 5) is 23.9. The standard InChI is InChI=1S/C17H22F3NO5/c1-5-25-14(23)12(21-15(24)26-16(2,3)4)9-10-6-7-13(22)11(8-10)17(18,19)20/h6-8,12,22H,5,9H2,1-4H3,(H,21,24). The van der Waals surface area contributed by atoms with Crippen molar-refractivity contribution in [2.45, 2.75) is 51.9 Å². The molecule has 0 saturated heterocycles. The Bertz CT molecular complexity index is 653. The maximum atomic E-state index is 12.9. The molecule has 146 valence electrons. The Kier molecular flexibility index (Phi) is 6.88. The molecule has 6 nitrogen and oxygen atoms in total. The number of rotatable bonds is 5. The van der Waals surface area contributed by atoms with Crippen molar-refractivity contribution >= 4 is 12.1 Å². The van der Waals surface area contributed by atoms with E-state index >= 15 is 0 Å². The van der Waals surface area contributed by atoms with Crippen molar-refractivity contribution in [3.8, 4) is 5.75 Å². The molecule has 9 heteroatoms. The van der Waals surface area contributed by atoms with Crippen molar-refractivity contribution in [2.75, 3.05) is 6.61 Å². The van der Waals surface area contributed by atoms with Crippen molar-refractivity contribution < 1.29 is 37.3 Å². The zero-order valence-corrected chi connectivity index (χ0v) is 14.9. The zero-order chi connectivity index (χ0) is 20.1. The van der Waals surface area contributed by atoms with Crippen LogP contribution in [-0.4, -0.2) is 35.4 Å². The molecular weight excluding hydrogens is 355 g/mol. The van der Waals surface area contributed by atoms with E-state index in [2.05, 4.69) is 5.32 Å². The third-order valence-electron chi connectivity index (χ3n) is 3.07. The number of carbonyl (C=O) groups excluding carboxylic acids is 2. The molecule has 0 aliphatic carbocycles. The van der Waals surface area contributed by atoms with Crippen LogP contribution in [0.3, 0.4) is 0 Å². The highest BCUT2D eigenvalue weighted by Crippen LogP contribution is 2.36. The molecule has 1 aromatic carbocycles. The maximum Gasteiger partial charge on any atom is 0.419 e.